The Bertz CT molecular complexity index is 1010. The zero-order valence-corrected chi connectivity index (χ0v) is 19.5. The summed E-state index contributed by atoms with van der Waals surface area (Å²) in [4.78, 5) is 14.9. The number of nitrogens with zero attached hydrogens (tertiary/aromatic N) is 3. The van der Waals surface area contributed by atoms with Crippen molar-refractivity contribution in [3.05, 3.63) is 42.2 Å². The normalized spacial score (nSPS) is 16.9. The molecule has 1 N–H and O–H groups in total. The van der Waals surface area contributed by atoms with Gasteiger partial charge in [0, 0.05) is 49.8 Å². The van der Waals surface area contributed by atoms with Gasteiger partial charge in [0.05, 0.1) is 13.2 Å². The van der Waals surface area contributed by atoms with Gasteiger partial charge in [-0.25, -0.2) is 8.42 Å². The molecule has 1 aliphatic heterocycles. The van der Waals surface area contributed by atoms with Gasteiger partial charge < -0.3 is 14.6 Å². The Morgan fingerprint density at radius 2 is 1.94 bits per heavy atom. The number of hydrogen-bond acceptors (Lipinski definition) is 5. The number of nitrogens with one attached hydrogen (secondary N) is 1. The Balaban J connectivity index is 1.78. The number of carbonyl (C=O) groups is 1. The van der Waals surface area contributed by atoms with E-state index in [-0.39, 0.29) is 29.1 Å². The smallest absolute Gasteiger partial charge is 0.246 e. The number of sulfonamides is 1. The summed E-state index contributed by atoms with van der Waals surface area (Å²) in [5, 5.41) is 2.86. The van der Waals surface area contributed by atoms with Gasteiger partial charge in [0.25, 0.3) is 0 Å². The molecule has 0 fully saturated rings. The highest BCUT2D eigenvalue weighted by molar-refractivity contribution is 7.89. The maximum Gasteiger partial charge on any atom is 0.246 e. The van der Waals surface area contributed by atoms with E-state index in [1.807, 2.05) is 6.07 Å². The Labute approximate surface area is 184 Å². The van der Waals surface area contributed by atoms with Crippen LogP contribution in [0, 0.1) is 0 Å². The molecular weight excluding hydrogens is 416 g/mol. The van der Waals surface area contributed by atoms with E-state index in [0.29, 0.717) is 25.4 Å². The maximum atomic E-state index is 13.1. The van der Waals surface area contributed by atoms with Gasteiger partial charge in [-0.2, -0.15) is 4.31 Å². The molecule has 0 bridgehead atoms. The minimum absolute atomic E-state index is 0.0695. The lowest BCUT2D eigenvalue weighted by atomic mass is 10.1. The molecule has 0 spiro atoms. The number of aromatic nitrogens is 1. The van der Waals surface area contributed by atoms with Gasteiger partial charge in [-0.1, -0.05) is 13.8 Å². The number of hydrogen-bond donors (Lipinski definition) is 1. The fourth-order valence-electron chi connectivity index (χ4n) is 3.99. The van der Waals surface area contributed by atoms with Crippen LogP contribution in [0.4, 0.5) is 5.69 Å². The molecule has 0 radical (unpaired) electrons. The third-order valence-corrected chi connectivity index (χ3v) is 7.74. The number of fused-ring (bicyclic) bond motifs is 1. The second-order valence-electron chi connectivity index (χ2n) is 7.50. The lowest BCUT2D eigenvalue weighted by Crippen LogP contribution is -2.41. The van der Waals surface area contributed by atoms with Gasteiger partial charge in [-0.15, -0.1) is 0 Å². The van der Waals surface area contributed by atoms with E-state index < -0.39 is 10.0 Å². The molecule has 2 aromatic rings. The van der Waals surface area contributed by atoms with Gasteiger partial charge in [-0.05, 0) is 44.2 Å². The topological polar surface area (TPSA) is 83.9 Å². The maximum absolute atomic E-state index is 13.1. The highest BCUT2D eigenvalue weighted by atomic mass is 32.2. The van der Waals surface area contributed by atoms with Crippen LogP contribution in [0.3, 0.4) is 0 Å². The number of amides is 1. The van der Waals surface area contributed by atoms with Crippen molar-refractivity contribution in [2.24, 2.45) is 0 Å². The van der Waals surface area contributed by atoms with Crippen LogP contribution >= 0.6 is 0 Å². The molecule has 1 aromatic heterocycles. The van der Waals surface area contributed by atoms with Crippen molar-refractivity contribution in [3.63, 3.8) is 0 Å². The van der Waals surface area contributed by atoms with Crippen LogP contribution in [0.15, 0.2) is 41.4 Å². The standard InChI is InChI=1S/C22H32N4O4S/c1-5-26(6-2)31(28,29)21-15-18(10-11-20(21)30-7-3)23-22(27)16-25-14-13-24-12-8-9-19(24)17(25)4/h8-12,15,17H,5-7,13-14,16H2,1-4H3,(H,23,27)/t17-/m1/s1. The number of anilines is 1. The second kappa shape index (κ2) is 9.84. The summed E-state index contributed by atoms with van der Waals surface area (Å²) in [6.45, 7) is 10.4. The van der Waals surface area contributed by atoms with Crippen LogP contribution < -0.4 is 10.1 Å². The zero-order valence-electron chi connectivity index (χ0n) is 18.7. The van der Waals surface area contributed by atoms with E-state index in [1.54, 1.807) is 32.9 Å². The van der Waals surface area contributed by atoms with E-state index in [2.05, 4.69) is 34.0 Å². The van der Waals surface area contributed by atoms with Crippen LogP contribution in [0.5, 0.6) is 5.75 Å². The Hall–Kier alpha value is -2.36. The van der Waals surface area contributed by atoms with Crippen molar-refractivity contribution in [1.29, 1.82) is 0 Å². The number of benzene rings is 1. The zero-order chi connectivity index (χ0) is 22.6. The van der Waals surface area contributed by atoms with Crippen molar-refractivity contribution in [2.75, 3.05) is 38.1 Å². The summed E-state index contributed by atoms with van der Waals surface area (Å²) >= 11 is 0. The first kappa shape index (κ1) is 23.3. The van der Waals surface area contributed by atoms with Crippen LogP contribution in [-0.4, -0.2) is 60.9 Å². The molecule has 31 heavy (non-hydrogen) atoms. The molecule has 0 saturated heterocycles. The Morgan fingerprint density at radius 1 is 1.19 bits per heavy atom. The summed E-state index contributed by atoms with van der Waals surface area (Å²) in [7, 11) is -3.73. The van der Waals surface area contributed by atoms with E-state index in [4.69, 9.17) is 4.74 Å². The predicted octanol–water partition coefficient (Wildman–Crippen LogP) is 2.93. The molecule has 9 heteroatoms. The minimum Gasteiger partial charge on any atom is -0.492 e. The van der Waals surface area contributed by atoms with Crippen LogP contribution in [0.2, 0.25) is 0 Å². The highest BCUT2D eigenvalue weighted by Crippen LogP contribution is 2.30. The van der Waals surface area contributed by atoms with Crippen molar-refractivity contribution in [1.82, 2.24) is 13.8 Å². The average molecular weight is 449 g/mol. The SMILES string of the molecule is CCOc1ccc(NC(=O)CN2CCn3cccc3[C@H]2C)cc1S(=O)(=O)N(CC)CC. The molecule has 8 nitrogen and oxygen atoms in total. The van der Waals surface area contributed by atoms with Crippen molar-refractivity contribution in [3.8, 4) is 5.75 Å². The van der Waals surface area contributed by atoms with E-state index in [1.165, 1.54) is 16.1 Å². The lowest BCUT2D eigenvalue weighted by Gasteiger charge is -2.34. The first-order chi connectivity index (χ1) is 14.8. The van der Waals surface area contributed by atoms with E-state index >= 15 is 0 Å². The number of rotatable bonds is 9. The van der Waals surface area contributed by atoms with Crippen molar-refractivity contribution >= 4 is 21.6 Å². The molecule has 1 aromatic carbocycles. The summed E-state index contributed by atoms with van der Waals surface area (Å²) < 4.78 is 35.3. The fourth-order valence-corrected chi connectivity index (χ4v) is 5.61. The van der Waals surface area contributed by atoms with Crippen molar-refractivity contribution < 1.29 is 17.9 Å². The van der Waals surface area contributed by atoms with Crippen LogP contribution in [0.1, 0.15) is 39.4 Å². The highest BCUT2D eigenvalue weighted by Gasteiger charge is 2.27. The minimum atomic E-state index is -3.73. The molecule has 170 valence electrons. The Kier molecular flexibility index (Phi) is 7.40. The lowest BCUT2D eigenvalue weighted by molar-refractivity contribution is -0.118. The third-order valence-electron chi connectivity index (χ3n) is 5.67. The molecule has 0 aliphatic carbocycles. The summed E-state index contributed by atoms with van der Waals surface area (Å²) in [6, 6.07) is 8.99. The van der Waals surface area contributed by atoms with Crippen molar-refractivity contribution in [2.45, 2.75) is 45.2 Å². The summed E-state index contributed by atoms with van der Waals surface area (Å²) in [6.07, 6.45) is 2.06. The fraction of sp³-hybridized carbons (Fsp3) is 0.500. The van der Waals surface area contributed by atoms with Crippen LogP contribution in [0.25, 0.3) is 0 Å². The molecule has 0 saturated carbocycles. The van der Waals surface area contributed by atoms with Gasteiger partial charge in [0.1, 0.15) is 10.6 Å². The molecule has 1 aliphatic rings. The molecule has 1 atom stereocenters. The number of carbonyl (C=O) groups excluding carboxylic acids is 1. The van der Waals surface area contributed by atoms with Gasteiger partial charge >= 0.3 is 0 Å². The number of ether oxygens (including phenoxy) is 1. The third kappa shape index (κ3) is 4.94. The first-order valence-electron chi connectivity index (χ1n) is 10.8. The summed E-state index contributed by atoms with van der Waals surface area (Å²) in [5.41, 5.74) is 1.62. The van der Waals surface area contributed by atoms with Gasteiger partial charge in [-0.3, -0.25) is 9.69 Å². The second-order valence-corrected chi connectivity index (χ2v) is 9.41. The van der Waals surface area contributed by atoms with Gasteiger partial charge in [0.15, 0.2) is 0 Å². The van der Waals surface area contributed by atoms with Crippen LogP contribution in [-0.2, 0) is 21.4 Å². The van der Waals surface area contributed by atoms with E-state index in [0.717, 1.165) is 13.1 Å². The molecule has 3 rings (SSSR count). The molecule has 0 unspecified atom stereocenters. The summed E-state index contributed by atoms with van der Waals surface area (Å²) in [5.74, 6) is 0.111. The van der Waals surface area contributed by atoms with E-state index in [9.17, 15) is 13.2 Å². The predicted molar refractivity (Wildman–Crippen MR) is 121 cm³/mol. The molecular formula is C22H32N4O4S. The Morgan fingerprint density at radius 3 is 2.61 bits per heavy atom. The largest absolute Gasteiger partial charge is 0.492 e. The molecule has 1 amide bonds. The van der Waals surface area contributed by atoms with Gasteiger partial charge in [0.2, 0.25) is 15.9 Å². The molecule has 2 heterocycles. The first-order valence-corrected chi connectivity index (χ1v) is 12.2. The average Bonchev–Trinajstić information content (AvgIpc) is 3.22. The quantitative estimate of drug-likeness (QED) is 0.638. The monoisotopic (exact) mass is 448 g/mol.